The van der Waals surface area contributed by atoms with Crippen LogP contribution < -0.4 is 5.32 Å². The van der Waals surface area contributed by atoms with Gasteiger partial charge in [-0.3, -0.25) is 0 Å². The van der Waals surface area contributed by atoms with E-state index < -0.39 is 23.9 Å². The fourth-order valence-electron chi connectivity index (χ4n) is 2.37. The highest BCUT2D eigenvalue weighted by Gasteiger charge is 2.68. The number of unbranched alkanes of at least 4 members (excludes halogenated alkanes) is 6. The van der Waals surface area contributed by atoms with Crippen LogP contribution in [0.15, 0.2) is 0 Å². The van der Waals surface area contributed by atoms with Crippen molar-refractivity contribution in [2.24, 2.45) is 0 Å². The van der Waals surface area contributed by atoms with Crippen molar-refractivity contribution in [1.29, 1.82) is 0 Å². The van der Waals surface area contributed by atoms with Gasteiger partial charge in [0.15, 0.2) is 0 Å². The van der Waals surface area contributed by atoms with E-state index in [0.29, 0.717) is 12.8 Å². The lowest BCUT2D eigenvalue weighted by Crippen LogP contribution is -2.67. The molecule has 0 unspecified atom stereocenters. The first-order chi connectivity index (χ1) is 11.9. The van der Waals surface area contributed by atoms with Crippen LogP contribution in [-0.4, -0.2) is 41.9 Å². The number of hydrogen-bond acceptors (Lipinski definition) is 1. The van der Waals surface area contributed by atoms with Crippen molar-refractivity contribution in [3.8, 4) is 0 Å². The van der Waals surface area contributed by atoms with E-state index in [9.17, 15) is 31.1 Å². The van der Waals surface area contributed by atoms with Crippen LogP contribution >= 0.6 is 0 Å². The Balaban J connectivity index is 5.10. The summed E-state index contributed by atoms with van der Waals surface area (Å²) in [6.07, 6.45) is -4.99. The van der Waals surface area contributed by atoms with E-state index in [1.807, 2.05) is 13.8 Å². The highest BCUT2D eigenvalue weighted by molar-refractivity contribution is 5.75. The Labute approximate surface area is 151 Å². The molecule has 0 bridgehead atoms. The van der Waals surface area contributed by atoms with Gasteiger partial charge in [-0.15, -0.1) is 0 Å². The van der Waals surface area contributed by atoms with Crippen LogP contribution in [0.25, 0.3) is 0 Å². The van der Waals surface area contributed by atoms with Crippen LogP contribution in [0.5, 0.6) is 0 Å². The summed E-state index contributed by atoms with van der Waals surface area (Å²) >= 11 is 0. The monoisotopic (exact) mass is 392 g/mol. The Hall–Kier alpha value is -1.15. The molecule has 2 amide bonds. The Morgan fingerprint density at radius 2 is 1.15 bits per heavy atom. The zero-order valence-electron chi connectivity index (χ0n) is 15.7. The second-order valence-electron chi connectivity index (χ2n) is 6.66. The minimum absolute atomic E-state index is 0.0444. The van der Waals surface area contributed by atoms with Gasteiger partial charge in [0.25, 0.3) is 0 Å². The summed E-state index contributed by atoms with van der Waals surface area (Å²) in [6, 6.07) is -1.32. The minimum Gasteiger partial charge on any atom is -0.325 e. The summed E-state index contributed by atoms with van der Waals surface area (Å²) in [6.45, 7) is 4.20. The lowest BCUT2D eigenvalue weighted by molar-refractivity contribution is -0.298. The van der Waals surface area contributed by atoms with E-state index in [-0.39, 0.29) is 20.0 Å². The SMILES string of the molecule is CCCCCCN(CCCCCC)C(=O)NC(C)(C(F)(F)F)C(F)(F)F. The number of carbonyl (C=O) groups is 1. The van der Waals surface area contributed by atoms with Crippen molar-refractivity contribution in [3.63, 3.8) is 0 Å². The standard InChI is InChI=1S/C17H30F6N2O/c1-4-6-8-10-12-25(13-11-9-7-5-2)14(26)24-15(3,16(18,19)20)17(21,22)23/h4-13H2,1-3H3,(H,24,26). The van der Waals surface area contributed by atoms with Crippen LogP contribution in [0.1, 0.15) is 72.1 Å². The molecule has 0 saturated carbocycles. The molecule has 0 aliphatic rings. The number of rotatable bonds is 11. The minimum atomic E-state index is -5.64. The normalized spacial score (nSPS) is 13.0. The number of hydrogen-bond donors (Lipinski definition) is 1. The van der Waals surface area contributed by atoms with Crippen molar-refractivity contribution in [1.82, 2.24) is 10.2 Å². The summed E-state index contributed by atoms with van der Waals surface area (Å²) in [5.74, 6) is 0. The fourth-order valence-corrected chi connectivity index (χ4v) is 2.37. The average molecular weight is 392 g/mol. The summed E-state index contributed by atoms with van der Waals surface area (Å²) in [5.41, 5.74) is -4.28. The predicted molar refractivity (Wildman–Crippen MR) is 88.9 cm³/mol. The molecule has 0 fully saturated rings. The second-order valence-corrected chi connectivity index (χ2v) is 6.66. The Kier molecular flexibility index (Phi) is 10.4. The second kappa shape index (κ2) is 10.9. The largest absolute Gasteiger partial charge is 0.420 e. The summed E-state index contributed by atoms with van der Waals surface area (Å²) in [7, 11) is 0. The number of urea groups is 1. The number of halogens is 6. The van der Waals surface area contributed by atoms with Gasteiger partial charge in [-0.1, -0.05) is 52.4 Å². The molecule has 0 aliphatic carbocycles. The van der Waals surface area contributed by atoms with Crippen molar-refractivity contribution in [2.75, 3.05) is 13.1 Å². The molecule has 0 saturated heterocycles. The van der Waals surface area contributed by atoms with Gasteiger partial charge in [0, 0.05) is 13.1 Å². The van der Waals surface area contributed by atoms with Gasteiger partial charge >= 0.3 is 18.4 Å². The molecule has 0 rings (SSSR count). The van der Waals surface area contributed by atoms with E-state index in [1.165, 1.54) is 5.32 Å². The first kappa shape index (κ1) is 24.8. The highest BCUT2D eigenvalue weighted by atomic mass is 19.4. The number of nitrogens with one attached hydrogen (secondary N) is 1. The molecule has 0 spiro atoms. The fraction of sp³-hybridized carbons (Fsp3) is 0.941. The topological polar surface area (TPSA) is 32.3 Å². The lowest BCUT2D eigenvalue weighted by atomic mass is 10.0. The molecule has 0 aromatic heterocycles. The maximum absolute atomic E-state index is 13.0. The number of nitrogens with zero attached hydrogens (tertiary/aromatic N) is 1. The molecule has 26 heavy (non-hydrogen) atoms. The quantitative estimate of drug-likeness (QED) is 0.337. The molecule has 156 valence electrons. The van der Waals surface area contributed by atoms with Crippen molar-refractivity contribution in [3.05, 3.63) is 0 Å². The molecule has 0 radical (unpaired) electrons. The van der Waals surface area contributed by atoms with Gasteiger partial charge in [0.1, 0.15) is 0 Å². The summed E-state index contributed by atoms with van der Waals surface area (Å²) in [4.78, 5) is 13.3. The van der Waals surface area contributed by atoms with Crippen molar-refractivity contribution in [2.45, 2.75) is 90.0 Å². The molecule has 3 nitrogen and oxygen atoms in total. The van der Waals surface area contributed by atoms with Gasteiger partial charge in [0.2, 0.25) is 5.54 Å². The molecule has 0 aromatic rings. The van der Waals surface area contributed by atoms with Crippen LogP contribution in [0.3, 0.4) is 0 Å². The Morgan fingerprint density at radius 3 is 1.46 bits per heavy atom. The van der Waals surface area contributed by atoms with E-state index >= 15 is 0 Å². The van der Waals surface area contributed by atoms with Gasteiger partial charge in [-0.2, -0.15) is 26.3 Å². The van der Waals surface area contributed by atoms with Crippen LogP contribution in [0, 0.1) is 0 Å². The van der Waals surface area contributed by atoms with Crippen LogP contribution in [0.2, 0.25) is 0 Å². The zero-order valence-corrected chi connectivity index (χ0v) is 15.7. The smallest absolute Gasteiger partial charge is 0.325 e. The summed E-state index contributed by atoms with van der Waals surface area (Å²) < 4.78 is 77.9. The lowest BCUT2D eigenvalue weighted by Gasteiger charge is -2.36. The molecule has 0 aliphatic heterocycles. The maximum Gasteiger partial charge on any atom is 0.420 e. The van der Waals surface area contributed by atoms with E-state index in [4.69, 9.17) is 0 Å². The van der Waals surface area contributed by atoms with Gasteiger partial charge in [-0.05, 0) is 19.8 Å². The Morgan fingerprint density at radius 1 is 0.769 bits per heavy atom. The third kappa shape index (κ3) is 7.61. The van der Waals surface area contributed by atoms with Crippen molar-refractivity contribution >= 4 is 6.03 Å². The highest BCUT2D eigenvalue weighted by Crippen LogP contribution is 2.42. The molecule has 9 heteroatoms. The molecular weight excluding hydrogens is 362 g/mol. The molecule has 0 heterocycles. The number of alkyl halides is 6. The van der Waals surface area contributed by atoms with Gasteiger partial charge in [0.05, 0.1) is 0 Å². The third-order valence-electron chi connectivity index (χ3n) is 4.34. The molecule has 0 atom stereocenters. The van der Waals surface area contributed by atoms with E-state index in [1.54, 1.807) is 0 Å². The molecular formula is C17H30F6N2O. The number of amides is 2. The molecule has 1 N–H and O–H groups in total. The summed E-state index contributed by atoms with van der Waals surface area (Å²) in [5, 5.41) is 1.19. The van der Waals surface area contributed by atoms with Crippen LogP contribution in [-0.2, 0) is 0 Å². The third-order valence-corrected chi connectivity index (χ3v) is 4.34. The van der Waals surface area contributed by atoms with E-state index in [0.717, 1.165) is 43.4 Å². The van der Waals surface area contributed by atoms with Crippen molar-refractivity contribution < 1.29 is 31.1 Å². The first-order valence-corrected chi connectivity index (χ1v) is 9.11. The van der Waals surface area contributed by atoms with E-state index in [2.05, 4.69) is 0 Å². The molecule has 0 aromatic carbocycles. The average Bonchev–Trinajstić information content (AvgIpc) is 2.51. The Bertz CT molecular complexity index is 383. The number of carbonyl (C=O) groups excluding carboxylic acids is 1. The predicted octanol–water partition coefficient (Wildman–Crippen LogP) is 6.04. The van der Waals surface area contributed by atoms with Crippen LogP contribution in [0.4, 0.5) is 31.1 Å². The van der Waals surface area contributed by atoms with Gasteiger partial charge < -0.3 is 10.2 Å². The maximum atomic E-state index is 13.0. The van der Waals surface area contributed by atoms with Gasteiger partial charge in [-0.25, -0.2) is 4.79 Å². The zero-order chi connectivity index (χ0) is 20.4. The first-order valence-electron chi connectivity index (χ1n) is 9.11.